The lowest BCUT2D eigenvalue weighted by atomic mass is 10.2. The van der Waals surface area contributed by atoms with Crippen LogP contribution in [-0.2, 0) is 0 Å². The summed E-state index contributed by atoms with van der Waals surface area (Å²) in [7, 11) is 0. The van der Waals surface area contributed by atoms with Crippen molar-refractivity contribution in [2.24, 2.45) is 0 Å². The van der Waals surface area contributed by atoms with Gasteiger partial charge in [-0.2, -0.15) is 0 Å². The van der Waals surface area contributed by atoms with Crippen LogP contribution in [-0.4, -0.2) is 18.3 Å². The molecule has 1 aromatic rings. The van der Waals surface area contributed by atoms with Gasteiger partial charge in [-0.1, -0.05) is 0 Å². The number of anilines is 1. The molecule has 1 atom stereocenters. The molecule has 2 rings (SSSR count). The lowest BCUT2D eigenvalue weighted by molar-refractivity contribution is 0.858. The van der Waals surface area contributed by atoms with Crippen molar-refractivity contribution in [3.63, 3.8) is 0 Å². The monoisotopic (exact) mass is 208 g/mol. The molecular weight excluding hydrogens is 192 g/mol. The standard InChI is InChI=1S/C11H16N2S/c1-8-6-9(12)2-3-11(8)14-10-4-5-13-7-10/h2-3,6,10,13H,4-5,7,12H2,1H3. The van der Waals surface area contributed by atoms with Gasteiger partial charge in [-0.05, 0) is 43.7 Å². The van der Waals surface area contributed by atoms with Crippen molar-refractivity contribution in [2.75, 3.05) is 18.8 Å². The van der Waals surface area contributed by atoms with E-state index in [1.807, 2.05) is 23.9 Å². The highest BCUT2D eigenvalue weighted by atomic mass is 32.2. The molecule has 1 aromatic carbocycles. The molecule has 14 heavy (non-hydrogen) atoms. The summed E-state index contributed by atoms with van der Waals surface area (Å²) in [5.74, 6) is 0. The number of benzene rings is 1. The van der Waals surface area contributed by atoms with Gasteiger partial charge >= 0.3 is 0 Å². The minimum atomic E-state index is 0.734. The number of nitrogen functional groups attached to an aromatic ring is 1. The Hall–Kier alpha value is -0.670. The van der Waals surface area contributed by atoms with Gasteiger partial charge in [-0.3, -0.25) is 0 Å². The molecule has 1 aliphatic rings. The molecule has 0 saturated carbocycles. The van der Waals surface area contributed by atoms with Crippen molar-refractivity contribution in [3.05, 3.63) is 23.8 Å². The van der Waals surface area contributed by atoms with Gasteiger partial charge < -0.3 is 11.1 Å². The van der Waals surface area contributed by atoms with Crippen LogP contribution < -0.4 is 11.1 Å². The highest BCUT2D eigenvalue weighted by molar-refractivity contribution is 8.00. The number of thioether (sulfide) groups is 1. The molecule has 0 spiro atoms. The molecule has 1 heterocycles. The van der Waals surface area contributed by atoms with Gasteiger partial charge in [-0.25, -0.2) is 0 Å². The summed E-state index contributed by atoms with van der Waals surface area (Å²) in [6.07, 6.45) is 1.27. The number of nitrogens with two attached hydrogens (primary N) is 1. The Morgan fingerprint density at radius 2 is 2.36 bits per heavy atom. The summed E-state index contributed by atoms with van der Waals surface area (Å²) < 4.78 is 0. The third kappa shape index (κ3) is 2.22. The van der Waals surface area contributed by atoms with Crippen molar-refractivity contribution < 1.29 is 0 Å². The van der Waals surface area contributed by atoms with Crippen LogP contribution in [0.25, 0.3) is 0 Å². The first kappa shape index (κ1) is 9.87. The zero-order valence-electron chi connectivity index (χ0n) is 8.42. The van der Waals surface area contributed by atoms with E-state index >= 15 is 0 Å². The van der Waals surface area contributed by atoms with Gasteiger partial charge in [0.25, 0.3) is 0 Å². The molecule has 2 nitrogen and oxygen atoms in total. The first-order valence-corrected chi connectivity index (χ1v) is 5.87. The first-order chi connectivity index (χ1) is 6.75. The van der Waals surface area contributed by atoms with E-state index in [1.54, 1.807) is 0 Å². The van der Waals surface area contributed by atoms with Gasteiger partial charge in [0.15, 0.2) is 0 Å². The Morgan fingerprint density at radius 1 is 1.50 bits per heavy atom. The maximum Gasteiger partial charge on any atom is 0.0317 e. The highest BCUT2D eigenvalue weighted by Crippen LogP contribution is 2.30. The molecule has 3 heteroatoms. The van der Waals surface area contributed by atoms with Crippen molar-refractivity contribution in [1.82, 2.24) is 5.32 Å². The minimum absolute atomic E-state index is 0.734. The predicted octanol–water partition coefficient (Wildman–Crippen LogP) is 2.03. The fraction of sp³-hybridized carbons (Fsp3) is 0.455. The Balaban J connectivity index is 2.08. The van der Waals surface area contributed by atoms with E-state index in [9.17, 15) is 0 Å². The topological polar surface area (TPSA) is 38.0 Å². The third-order valence-corrected chi connectivity index (χ3v) is 3.96. The molecule has 0 aromatic heterocycles. The van der Waals surface area contributed by atoms with E-state index in [0.29, 0.717) is 0 Å². The Labute approximate surface area is 89.3 Å². The molecule has 0 radical (unpaired) electrons. The van der Waals surface area contributed by atoms with E-state index in [-0.39, 0.29) is 0 Å². The SMILES string of the molecule is Cc1cc(N)ccc1SC1CCNC1. The van der Waals surface area contributed by atoms with Gasteiger partial charge in [0, 0.05) is 22.4 Å². The average molecular weight is 208 g/mol. The fourth-order valence-corrected chi connectivity index (χ4v) is 2.90. The van der Waals surface area contributed by atoms with E-state index in [2.05, 4.69) is 18.3 Å². The largest absolute Gasteiger partial charge is 0.399 e. The molecule has 0 bridgehead atoms. The second kappa shape index (κ2) is 4.24. The Bertz CT molecular complexity index is 319. The number of aryl methyl sites for hydroxylation is 1. The maximum atomic E-state index is 5.71. The van der Waals surface area contributed by atoms with Gasteiger partial charge in [-0.15, -0.1) is 11.8 Å². The van der Waals surface area contributed by atoms with E-state index in [1.165, 1.54) is 16.9 Å². The molecule has 76 valence electrons. The van der Waals surface area contributed by atoms with Crippen LogP contribution in [0.4, 0.5) is 5.69 Å². The number of hydrogen-bond acceptors (Lipinski definition) is 3. The van der Waals surface area contributed by atoms with E-state index in [4.69, 9.17) is 5.73 Å². The molecule has 1 aliphatic heterocycles. The van der Waals surface area contributed by atoms with Crippen molar-refractivity contribution >= 4 is 17.4 Å². The number of rotatable bonds is 2. The fourth-order valence-electron chi connectivity index (χ4n) is 1.71. The van der Waals surface area contributed by atoms with Crippen molar-refractivity contribution in [2.45, 2.75) is 23.5 Å². The first-order valence-electron chi connectivity index (χ1n) is 4.99. The lowest BCUT2D eigenvalue weighted by Gasteiger charge is -2.10. The van der Waals surface area contributed by atoms with Crippen LogP contribution in [0.2, 0.25) is 0 Å². The number of nitrogens with one attached hydrogen (secondary N) is 1. The second-order valence-electron chi connectivity index (χ2n) is 3.76. The van der Waals surface area contributed by atoms with E-state index < -0.39 is 0 Å². The molecule has 3 N–H and O–H groups in total. The molecule has 1 saturated heterocycles. The quantitative estimate of drug-likeness (QED) is 0.730. The van der Waals surface area contributed by atoms with E-state index in [0.717, 1.165) is 24.0 Å². The zero-order chi connectivity index (χ0) is 9.97. The lowest BCUT2D eigenvalue weighted by Crippen LogP contribution is -2.10. The van der Waals surface area contributed by atoms with Crippen LogP contribution in [0.1, 0.15) is 12.0 Å². The number of hydrogen-bond donors (Lipinski definition) is 2. The molecular formula is C11H16N2S. The molecule has 1 fully saturated rings. The van der Waals surface area contributed by atoms with Crippen molar-refractivity contribution in [3.8, 4) is 0 Å². The predicted molar refractivity (Wildman–Crippen MR) is 62.7 cm³/mol. The Morgan fingerprint density at radius 3 is 3.00 bits per heavy atom. The van der Waals surface area contributed by atoms with Crippen molar-refractivity contribution in [1.29, 1.82) is 0 Å². The molecule has 0 amide bonds. The summed E-state index contributed by atoms with van der Waals surface area (Å²) in [4.78, 5) is 1.37. The van der Waals surface area contributed by atoms with Crippen LogP contribution in [0.15, 0.2) is 23.1 Å². The van der Waals surface area contributed by atoms with Gasteiger partial charge in [0.2, 0.25) is 0 Å². The normalized spacial score (nSPS) is 21.4. The molecule has 1 unspecified atom stereocenters. The van der Waals surface area contributed by atoms with Crippen LogP contribution >= 0.6 is 11.8 Å². The minimum Gasteiger partial charge on any atom is -0.399 e. The second-order valence-corrected chi connectivity index (χ2v) is 5.10. The highest BCUT2D eigenvalue weighted by Gasteiger charge is 2.16. The smallest absolute Gasteiger partial charge is 0.0317 e. The van der Waals surface area contributed by atoms with Gasteiger partial charge in [0.1, 0.15) is 0 Å². The van der Waals surface area contributed by atoms with Gasteiger partial charge in [0.05, 0.1) is 0 Å². The van der Waals surface area contributed by atoms with Crippen LogP contribution in [0.5, 0.6) is 0 Å². The van der Waals surface area contributed by atoms with Crippen LogP contribution in [0.3, 0.4) is 0 Å². The third-order valence-electron chi connectivity index (χ3n) is 2.51. The summed E-state index contributed by atoms with van der Waals surface area (Å²) in [6, 6.07) is 6.16. The summed E-state index contributed by atoms with van der Waals surface area (Å²) in [5.41, 5.74) is 7.87. The average Bonchev–Trinajstić information content (AvgIpc) is 2.62. The maximum absolute atomic E-state index is 5.71. The Kier molecular flexibility index (Phi) is 2.99. The summed E-state index contributed by atoms with van der Waals surface area (Å²) in [6.45, 7) is 4.42. The zero-order valence-corrected chi connectivity index (χ0v) is 9.23. The molecule has 0 aliphatic carbocycles. The summed E-state index contributed by atoms with van der Waals surface area (Å²) >= 11 is 1.97. The summed E-state index contributed by atoms with van der Waals surface area (Å²) in [5, 5.41) is 4.11. The van der Waals surface area contributed by atoms with Crippen LogP contribution in [0, 0.1) is 6.92 Å².